The summed E-state index contributed by atoms with van der Waals surface area (Å²) < 4.78 is 5.02. The summed E-state index contributed by atoms with van der Waals surface area (Å²) >= 11 is 5.70. The summed E-state index contributed by atoms with van der Waals surface area (Å²) in [5.74, 6) is 0. The van der Waals surface area contributed by atoms with E-state index in [-0.39, 0.29) is 16.8 Å². The Bertz CT molecular complexity index is 362. The lowest BCUT2D eigenvalue weighted by Gasteiger charge is -1.97. The van der Waals surface area contributed by atoms with Gasteiger partial charge >= 0.3 is 0 Å². The standard InChI is InChI=1S/C8H6ClNO3/c9-6-3-5(8-4-13-8)1-2-7(6)10(11)12/h1-3,8H,4H2/t8-/m1/s1. The van der Waals surface area contributed by atoms with E-state index in [1.165, 1.54) is 6.07 Å². The Hall–Kier alpha value is -1.13. The minimum absolute atomic E-state index is 0.0638. The highest BCUT2D eigenvalue weighted by molar-refractivity contribution is 6.32. The van der Waals surface area contributed by atoms with Crippen LogP contribution in [0, 0.1) is 10.1 Å². The van der Waals surface area contributed by atoms with Gasteiger partial charge in [0.25, 0.3) is 5.69 Å². The molecule has 1 aromatic rings. The third-order valence-electron chi connectivity index (χ3n) is 1.87. The Kier molecular flexibility index (Phi) is 1.94. The SMILES string of the molecule is O=[N+]([O-])c1ccc([C@H]2CO2)cc1Cl. The lowest BCUT2D eigenvalue weighted by atomic mass is 10.1. The van der Waals surface area contributed by atoms with Crippen LogP contribution in [-0.2, 0) is 4.74 Å². The molecule has 0 bridgehead atoms. The van der Waals surface area contributed by atoms with E-state index in [0.717, 1.165) is 5.56 Å². The molecule has 1 aliphatic heterocycles. The Morgan fingerprint density at radius 3 is 2.77 bits per heavy atom. The van der Waals surface area contributed by atoms with Crippen LogP contribution in [0.25, 0.3) is 0 Å². The molecule has 1 atom stereocenters. The minimum Gasteiger partial charge on any atom is -0.368 e. The normalized spacial score (nSPS) is 19.9. The first kappa shape index (κ1) is 8.47. The molecule has 1 saturated heterocycles. The van der Waals surface area contributed by atoms with Gasteiger partial charge in [0.05, 0.1) is 11.5 Å². The zero-order valence-electron chi connectivity index (χ0n) is 6.57. The number of benzene rings is 1. The molecular weight excluding hydrogens is 194 g/mol. The number of nitrogens with zero attached hydrogens (tertiary/aromatic N) is 1. The minimum atomic E-state index is -0.500. The van der Waals surface area contributed by atoms with E-state index >= 15 is 0 Å². The van der Waals surface area contributed by atoms with Crippen LogP contribution in [0.3, 0.4) is 0 Å². The molecule has 5 heteroatoms. The van der Waals surface area contributed by atoms with Crippen LogP contribution in [0.15, 0.2) is 18.2 Å². The second kappa shape index (κ2) is 2.97. The van der Waals surface area contributed by atoms with Gasteiger partial charge in [-0.1, -0.05) is 11.6 Å². The summed E-state index contributed by atoms with van der Waals surface area (Å²) in [5, 5.41) is 10.6. The fourth-order valence-corrected chi connectivity index (χ4v) is 1.37. The van der Waals surface area contributed by atoms with Gasteiger partial charge in [-0.15, -0.1) is 0 Å². The van der Waals surface area contributed by atoms with Crippen LogP contribution in [0.5, 0.6) is 0 Å². The predicted octanol–water partition coefficient (Wildman–Crippen LogP) is 2.32. The molecule has 0 amide bonds. The fraction of sp³-hybridized carbons (Fsp3) is 0.250. The number of epoxide rings is 1. The van der Waals surface area contributed by atoms with Crippen molar-refractivity contribution in [3.8, 4) is 0 Å². The number of rotatable bonds is 2. The highest BCUT2D eigenvalue weighted by Crippen LogP contribution is 2.34. The summed E-state index contributed by atoms with van der Waals surface area (Å²) in [6.45, 7) is 0.675. The zero-order valence-corrected chi connectivity index (χ0v) is 7.32. The Labute approximate surface area is 79.2 Å². The summed E-state index contributed by atoms with van der Waals surface area (Å²) in [4.78, 5) is 9.91. The van der Waals surface area contributed by atoms with Gasteiger partial charge in [-0.25, -0.2) is 0 Å². The number of halogens is 1. The molecule has 0 N–H and O–H groups in total. The number of ether oxygens (including phenoxy) is 1. The summed E-state index contributed by atoms with van der Waals surface area (Å²) in [5.41, 5.74) is 0.835. The van der Waals surface area contributed by atoms with Crippen molar-refractivity contribution in [2.75, 3.05) is 6.61 Å². The topological polar surface area (TPSA) is 55.7 Å². The van der Waals surface area contributed by atoms with Crippen molar-refractivity contribution in [3.05, 3.63) is 38.9 Å². The first-order valence-electron chi connectivity index (χ1n) is 3.74. The Morgan fingerprint density at radius 1 is 1.62 bits per heavy atom. The van der Waals surface area contributed by atoms with Gasteiger partial charge in [0.2, 0.25) is 0 Å². The number of nitro benzene ring substituents is 1. The van der Waals surface area contributed by atoms with Gasteiger partial charge in [-0.3, -0.25) is 10.1 Å². The molecule has 0 unspecified atom stereocenters. The molecule has 2 rings (SSSR count). The quantitative estimate of drug-likeness (QED) is 0.417. The molecule has 0 spiro atoms. The monoisotopic (exact) mass is 199 g/mol. The van der Waals surface area contributed by atoms with Gasteiger partial charge in [0.1, 0.15) is 11.1 Å². The molecule has 0 aromatic heterocycles. The lowest BCUT2D eigenvalue weighted by Crippen LogP contribution is -1.90. The third kappa shape index (κ3) is 1.64. The lowest BCUT2D eigenvalue weighted by molar-refractivity contribution is -0.384. The first-order valence-corrected chi connectivity index (χ1v) is 4.12. The van der Waals surface area contributed by atoms with Gasteiger partial charge in [0.15, 0.2) is 0 Å². The molecule has 4 nitrogen and oxygen atoms in total. The molecule has 1 heterocycles. The second-order valence-corrected chi connectivity index (χ2v) is 3.20. The average molecular weight is 200 g/mol. The van der Waals surface area contributed by atoms with Crippen molar-refractivity contribution in [1.82, 2.24) is 0 Å². The van der Waals surface area contributed by atoms with Crippen LogP contribution >= 0.6 is 11.6 Å². The van der Waals surface area contributed by atoms with E-state index in [1.54, 1.807) is 12.1 Å². The molecule has 1 aromatic carbocycles. The Morgan fingerprint density at radius 2 is 2.31 bits per heavy atom. The number of hydrogen-bond donors (Lipinski definition) is 0. The van der Waals surface area contributed by atoms with Crippen molar-refractivity contribution in [2.45, 2.75) is 6.10 Å². The van der Waals surface area contributed by atoms with Crippen molar-refractivity contribution in [1.29, 1.82) is 0 Å². The summed E-state index contributed by atoms with van der Waals surface area (Å²) in [6.07, 6.45) is 0.0818. The van der Waals surface area contributed by atoms with Gasteiger partial charge < -0.3 is 4.74 Å². The molecule has 68 valence electrons. The van der Waals surface area contributed by atoms with Crippen LogP contribution in [0.2, 0.25) is 5.02 Å². The zero-order chi connectivity index (χ0) is 9.42. The smallest absolute Gasteiger partial charge is 0.287 e. The van der Waals surface area contributed by atoms with Crippen LogP contribution in [0.4, 0.5) is 5.69 Å². The maximum atomic E-state index is 10.4. The maximum absolute atomic E-state index is 10.4. The van der Waals surface area contributed by atoms with E-state index in [0.29, 0.717) is 6.61 Å². The van der Waals surface area contributed by atoms with E-state index in [1.807, 2.05) is 0 Å². The first-order chi connectivity index (χ1) is 6.18. The maximum Gasteiger partial charge on any atom is 0.287 e. The summed E-state index contributed by atoms with van der Waals surface area (Å²) in [6, 6.07) is 4.65. The molecule has 13 heavy (non-hydrogen) atoms. The van der Waals surface area contributed by atoms with Crippen LogP contribution < -0.4 is 0 Å². The predicted molar refractivity (Wildman–Crippen MR) is 46.8 cm³/mol. The Balaban J connectivity index is 2.36. The third-order valence-corrected chi connectivity index (χ3v) is 2.18. The molecule has 1 fully saturated rings. The summed E-state index contributed by atoms with van der Waals surface area (Å²) in [7, 11) is 0. The van der Waals surface area contributed by atoms with Crippen molar-refractivity contribution >= 4 is 17.3 Å². The molecule has 1 aliphatic rings. The highest BCUT2D eigenvalue weighted by atomic mass is 35.5. The van der Waals surface area contributed by atoms with Gasteiger partial charge in [0, 0.05) is 6.07 Å². The number of nitro groups is 1. The average Bonchev–Trinajstić information content (AvgIpc) is 2.85. The van der Waals surface area contributed by atoms with E-state index in [4.69, 9.17) is 16.3 Å². The van der Waals surface area contributed by atoms with Gasteiger partial charge in [-0.2, -0.15) is 0 Å². The van der Waals surface area contributed by atoms with Crippen molar-refractivity contribution in [3.63, 3.8) is 0 Å². The van der Waals surface area contributed by atoms with E-state index < -0.39 is 4.92 Å². The molecular formula is C8H6ClNO3. The van der Waals surface area contributed by atoms with Crippen molar-refractivity contribution < 1.29 is 9.66 Å². The van der Waals surface area contributed by atoms with E-state index in [9.17, 15) is 10.1 Å². The number of hydrogen-bond acceptors (Lipinski definition) is 3. The van der Waals surface area contributed by atoms with Crippen LogP contribution in [0.1, 0.15) is 11.7 Å². The molecule has 0 radical (unpaired) electrons. The molecule has 0 saturated carbocycles. The largest absolute Gasteiger partial charge is 0.368 e. The molecule has 0 aliphatic carbocycles. The fourth-order valence-electron chi connectivity index (χ4n) is 1.11. The van der Waals surface area contributed by atoms with Crippen molar-refractivity contribution in [2.24, 2.45) is 0 Å². The van der Waals surface area contributed by atoms with Gasteiger partial charge in [-0.05, 0) is 17.7 Å². The second-order valence-electron chi connectivity index (χ2n) is 2.79. The highest BCUT2D eigenvalue weighted by Gasteiger charge is 2.26. The van der Waals surface area contributed by atoms with Crippen LogP contribution in [-0.4, -0.2) is 11.5 Å². The van der Waals surface area contributed by atoms with E-state index in [2.05, 4.69) is 0 Å².